The highest BCUT2D eigenvalue weighted by Gasteiger charge is 2.39. The molecule has 0 radical (unpaired) electrons. The monoisotopic (exact) mass is 245 g/mol. The smallest absolute Gasteiger partial charge is 0.303 e. The molecule has 1 saturated heterocycles. The van der Waals surface area contributed by atoms with Crippen molar-refractivity contribution >= 4 is 11.9 Å². The van der Waals surface area contributed by atoms with Gasteiger partial charge in [0.2, 0.25) is 5.91 Å². The zero-order chi connectivity index (χ0) is 13.0. The van der Waals surface area contributed by atoms with Gasteiger partial charge < -0.3 is 19.5 Å². The molecule has 1 aliphatic rings. The van der Waals surface area contributed by atoms with Crippen molar-refractivity contribution in [2.24, 2.45) is 0 Å². The van der Waals surface area contributed by atoms with Crippen LogP contribution in [-0.2, 0) is 23.8 Å². The summed E-state index contributed by atoms with van der Waals surface area (Å²) in [6, 6.07) is -0.287. The zero-order valence-corrected chi connectivity index (χ0v) is 10.6. The standard InChI is InChI=1S/C11H19NO5/c1-6-11(17-8(3)14)9(12-7(2)13)5-10(15-4)16-6/h6,9-11H,5H2,1-4H3,(H,12,13)/t6-,9-,10?,11+/m1/s1. The summed E-state index contributed by atoms with van der Waals surface area (Å²) in [5.41, 5.74) is 0. The summed E-state index contributed by atoms with van der Waals surface area (Å²) in [6.45, 7) is 4.54. The first-order chi connectivity index (χ1) is 7.93. The van der Waals surface area contributed by atoms with Gasteiger partial charge in [0.1, 0.15) is 6.10 Å². The number of hydrogen-bond donors (Lipinski definition) is 1. The molecule has 1 fully saturated rings. The molecule has 98 valence electrons. The van der Waals surface area contributed by atoms with Crippen molar-refractivity contribution in [2.45, 2.75) is 51.7 Å². The second kappa shape index (κ2) is 5.97. The van der Waals surface area contributed by atoms with Crippen molar-refractivity contribution in [1.82, 2.24) is 5.32 Å². The van der Waals surface area contributed by atoms with Gasteiger partial charge in [-0.1, -0.05) is 0 Å². The first kappa shape index (κ1) is 13.9. The molecule has 0 aliphatic carbocycles. The predicted molar refractivity (Wildman–Crippen MR) is 59.1 cm³/mol. The van der Waals surface area contributed by atoms with E-state index in [2.05, 4.69) is 5.32 Å². The molecule has 0 aromatic rings. The van der Waals surface area contributed by atoms with E-state index in [0.29, 0.717) is 6.42 Å². The van der Waals surface area contributed by atoms with Crippen LogP contribution in [0.2, 0.25) is 0 Å². The minimum absolute atomic E-state index is 0.170. The van der Waals surface area contributed by atoms with E-state index in [4.69, 9.17) is 14.2 Å². The lowest BCUT2D eigenvalue weighted by Gasteiger charge is -2.39. The Labute approximate surface area is 101 Å². The summed E-state index contributed by atoms with van der Waals surface area (Å²) in [6.07, 6.45) is -0.746. The van der Waals surface area contributed by atoms with Crippen molar-refractivity contribution < 1.29 is 23.8 Å². The number of carbonyl (C=O) groups excluding carboxylic acids is 2. The SMILES string of the molecule is COC1C[C@@H](NC(C)=O)[C@@H](OC(C)=O)[C@@H](C)O1. The zero-order valence-electron chi connectivity index (χ0n) is 10.6. The molecule has 0 bridgehead atoms. The van der Waals surface area contributed by atoms with Gasteiger partial charge in [-0.3, -0.25) is 9.59 Å². The summed E-state index contributed by atoms with van der Waals surface area (Å²) < 4.78 is 15.8. The van der Waals surface area contributed by atoms with Gasteiger partial charge in [-0.05, 0) is 6.92 Å². The van der Waals surface area contributed by atoms with Crippen LogP contribution in [-0.4, -0.2) is 43.5 Å². The molecule has 0 spiro atoms. The number of esters is 1. The number of amides is 1. The number of rotatable bonds is 3. The van der Waals surface area contributed by atoms with Crippen molar-refractivity contribution in [3.8, 4) is 0 Å². The quantitative estimate of drug-likeness (QED) is 0.719. The fourth-order valence-electron chi connectivity index (χ4n) is 1.96. The largest absolute Gasteiger partial charge is 0.458 e. The number of nitrogens with one attached hydrogen (secondary N) is 1. The van der Waals surface area contributed by atoms with Crippen molar-refractivity contribution in [3.63, 3.8) is 0 Å². The maximum Gasteiger partial charge on any atom is 0.303 e. The summed E-state index contributed by atoms with van der Waals surface area (Å²) >= 11 is 0. The molecular formula is C11H19NO5. The van der Waals surface area contributed by atoms with Crippen LogP contribution in [0.3, 0.4) is 0 Å². The molecule has 6 nitrogen and oxygen atoms in total. The average Bonchev–Trinajstić information content (AvgIpc) is 2.21. The van der Waals surface area contributed by atoms with Gasteiger partial charge >= 0.3 is 5.97 Å². The summed E-state index contributed by atoms with van der Waals surface area (Å²) in [7, 11) is 1.54. The molecule has 4 atom stereocenters. The van der Waals surface area contributed by atoms with E-state index < -0.39 is 18.4 Å². The Hall–Kier alpha value is -1.14. The molecule has 0 saturated carbocycles. The van der Waals surface area contributed by atoms with E-state index in [1.165, 1.54) is 21.0 Å². The minimum atomic E-state index is -0.484. The molecule has 1 amide bonds. The Balaban J connectivity index is 2.74. The summed E-state index contributed by atoms with van der Waals surface area (Å²) in [5, 5.41) is 2.76. The lowest BCUT2D eigenvalue weighted by molar-refractivity contribution is -0.223. The Bertz CT molecular complexity index is 294. The minimum Gasteiger partial charge on any atom is -0.458 e. The predicted octanol–water partition coefficient (Wildman–Crippen LogP) is 0.204. The van der Waals surface area contributed by atoms with Gasteiger partial charge in [-0.25, -0.2) is 0 Å². The molecule has 0 aromatic carbocycles. The van der Waals surface area contributed by atoms with Crippen LogP contribution in [0.5, 0.6) is 0 Å². The molecule has 1 aliphatic heterocycles. The third-order valence-corrected chi connectivity index (χ3v) is 2.63. The molecular weight excluding hydrogens is 226 g/mol. The number of hydrogen-bond acceptors (Lipinski definition) is 5. The Morgan fingerprint density at radius 2 is 2.00 bits per heavy atom. The highest BCUT2D eigenvalue weighted by Crippen LogP contribution is 2.23. The first-order valence-electron chi connectivity index (χ1n) is 5.56. The maximum absolute atomic E-state index is 11.1. The van der Waals surface area contributed by atoms with Gasteiger partial charge in [-0.2, -0.15) is 0 Å². The fourth-order valence-corrected chi connectivity index (χ4v) is 1.96. The van der Waals surface area contributed by atoms with E-state index in [0.717, 1.165) is 0 Å². The lowest BCUT2D eigenvalue weighted by atomic mass is 9.99. The summed E-state index contributed by atoms with van der Waals surface area (Å²) in [4.78, 5) is 22.1. The third kappa shape index (κ3) is 3.98. The van der Waals surface area contributed by atoms with Crippen LogP contribution >= 0.6 is 0 Å². The summed E-state index contributed by atoms with van der Waals surface area (Å²) in [5.74, 6) is -0.562. The van der Waals surface area contributed by atoms with Crippen LogP contribution in [0.15, 0.2) is 0 Å². The topological polar surface area (TPSA) is 73.9 Å². The van der Waals surface area contributed by atoms with Crippen LogP contribution in [0, 0.1) is 0 Å². The Kier molecular flexibility index (Phi) is 4.89. The van der Waals surface area contributed by atoms with Crippen molar-refractivity contribution in [2.75, 3.05) is 7.11 Å². The van der Waals surface area contributed by atoms with Gasteiger partial charge in [0, 0.05) is 27.4 Å². The second-order valence-electron chi connectivity index (χ2n) is 4.12. The van der Waals surface area contributed by atoms with Crippen LogP contribution in [0.1, 0.15) is 27.2 Å². The molecule has 17 heavy (non-hydrogen) atoms. The Morgan fingerprint density at radius 3 is 2.47 bits per heavy atom. The molecule has 1 N–H and O–H groups in total. The Morgan fingerprint density at radius 1 is 1.35 bits per heavy atom. The van der Waals surface area contributed by atoms with Crippen LogP contribution in [0.4, 0.5) is 0 Å². The maximum atomic E-state index is 11.1. The van der Waals surface area contributed by atoms with Crippen LogP contribution in [0.25, 0.3) is 0 Å². The van der Waals surface area contributed by atoms with Crippen molar-refractivity contribution in [1.29, 1.82) is 0 Å². The van der Waals surface area contributed by atoms with Crippen molar-refractivity contribution in [3.05, 3.63) is 0 Å². The second-order valence-corrected chi connectivity index (χ2v) is 4.12. The first-order valence-corrected chi connectivity index (χ1v) is 5.56. The highest BCUT2D eigenvalue weighted by molar-refractivity contribution is 5.73. The van der Waals surface area contributed by atoms with Crippen LogP contribution < -0.4 is 5.32 Å². The molecule has 1 heterocycles. The van der Waals surface area contributed by atoms with Gasteiger partial charge in [0.25, 0.3) is 0 Å². The number of ether oxygens (including phenoxy) is 3. The average molecular weight is 245 g/mol. The van der Waals surface area contributed by atoms with E-state index in [1.54, 1.807) is 6.92 Å². The number of carbonyl (C=O) groups is 2. The van der Waals surface area contributed by atoms with E-state index in [-0.39, 0.29) is 18.1 Å². The normalized spacial score (nSPS) is 32.9. The highest BCUT2D eigenvalue weighted by atomic mass is 16.7. The molecule has 1 rings (SSSR count). The third-order valence-electron chi connectivity index (χ3n) is 2.63. The molecule has 6 heteroatoms. The van der Waals surface area contributed by atoms with E-state index in [9.17, 15) is 9.59 Å². The molecule has 0 aromatic heterocycles. The lowest BCUT2D eigenvalue weighted by Crippen LogP contribution is -2.56. The number of methoxy groups -OCH3 is 1. The molecule has 1 unspecified atom stereocenters. The fraction of sp³-hybridized carbons (Fsp3) is 0.818. The van der Waals surface area contributed by atoms with E-state index >= 15 is 0 Å². The van der Waals surface area contributed by atoms with Gasteiger partial charge in [0.15, 0.2) is 6.29 Å². The van der Waals surface area contributed by atoms with Gasteiger partial charge in [0.05, 0.1) is 12.1 Å². The van der Waals surface area contributed by atoms with Gasteiger partial charge in [-0.15, -0.1) is 0 Å². The van der Waals surface area contributed by atoms with E-state index in [1.807, 2.05) is 0 Å².